The Morgan fingerprint density at radius 3 is 0.987 bits per heavy atom. The lowest BCUT2D eigenvalue weighted by atomic mass is 9.91. The first-order chi connectivity index (χ1) is 37.3. The molecule has 0 aliphatic rings. The zero-order valence-electron chi connectivity index (χ0n) is 49.2. The lowest BCUT2D eigenvalue weighted by molar-refractivity contribution is 0.663. The van der Waals surface area contributed by atoms with E-state index in [0.717, 1.165) is 71.4 Å². The van der Waals surface area contributed by atoms with Gasteiger partial charge in [0.25, 0.3) is 0 Å². The lowest BCUT2D eigenvalue weighted by Gasteiger charge is -2.32. The van der Waals surface area contributed by atoms with E-state index in [-0.39, 0.29) is 0 Å². The molecule has 0 fully saturated rings. The summed E-state index contributed by atoms with van der Waals surface area (Å²) in [6.45, 7) is 36.9. The second kappa shape index (κ2) is 20.5. The minimum absolute atomic E-state index is 0.331. The quantitative estimate of drug-likeness (QED) is 0.109. The van der Waals surface area contributed by atoms with Gasteiger partial charge in [-0.3, -0.25) is 0 Å². The van der Waals surface area contributed by atoms with Crippen LogP contribution in [0.15, 0.2) is 154 Å². The predicted molar refractivity (Wildman–Crippen MR) is 338 cm³/mol. The maximum absolute atomic E-state index is 7.07. The molecular formula is C74H80N2O2. The van der Waals surface area contributed by atoms with Crippen LogP contribution in [0.4, 0.5) is 34.1 Å². The smallest absolute Gasteiger partial charge is 0.147 e. The summed E-state index contributed by atoms with van der Waals surface area (Å²) in [6, 6.07) is 55.9. The summed E-state index contributed by atoms with van der Waals surface area (Å²) >= 11 is 0. The minimum Gasteiger partial charge on any atom is -0.456 e. The number of rotatable bonds is 14. The molecule has 0 aliphatic heterocycles. The molecule has 11 aromatic rings. The predicted octanol–water partition coefficient (Wildman–Crippen LogP) is 23.7. The molecule has 9 aromatic carbocycles. The first kappa shape index (κ1) is 52.7. The summed E-state index contributed by atoms with van der Waals surface area (Å²) in [6.07, 6.45) is 0. The Kier molecular flexibility index (Phi) is 13.9. The first-order valence-electron chi connectivity index (χ1n) is 29.1. The van der Waals surface area contributed by atoms with E-state index in [9.17, 15) is 0 Å². The fraction of sp³-hybridized carbons (Fsp3) is 0.324. The summed E-state index contributed by atoms with van der Waals surface area (Å²) in [5.74, 6) is 3.08. The van der Waals surface area contributed by atoms with Crippen LogP contribution in [0, 0.1) is 0 Å². The molecule has 78 heavy (non-hydrogen) atoms. The Labute approximate surface area is 464 Å². The second-order valence-corrected chi connectivity index (χ2v) is 25.0. The second-order valence-electron chi connectivity index (χ2n) is 25.0. The largest absolute Gasteiger partial charge is 0.456 e. The van der Waals surface area contributed by atoms with Gasteiger partial charge in [0.1, 0.15) is 22.3 Å². The Morgan fingerprint density at radius 1 is 0.269 bits per heavy atom. The fourth-order valence-corrected chi connectivity index (χ4v) is 12.0. The van der Waals surface area contributed by atoms with E-state index in [0.29, 0.717) is 47.3 Å². The summed E-state index contributed by atoms with van der Waals surface area (Å²) in [4.78, 5) is 5.04. The maximum atomic E-state index is 7.07. The molecule has 0 radical (unpaired) electrons. The van der Waals surface area contributed by atoms with Crippen molar-refractivity contribution >= 4 is 99.5 Å². The Bertz CT molecular complexity index is 3950. The highest BCUT2D eigenvalue weighted by Crippen LogP contribution is 2.49. The van der Waals surface area contributed by atoms with Gasteiger partial charge in [-0.1, -0.05) is 171 Å². The molecule has 4 heteroatoms. The average Bonchev–Trinajstić information content (AvgIpc) is 4.19. The van der Waals surface area contributed by atoms with E-state index in [1.807, 2.05) is 0 Å². The topological polar surface area (TPSA) is 32.8 Å². The van der Waals surface area contributed by atoms with Gasteiger partial charge in [0, 0.05) is 50.3 Å². The molecule has 0 atom stereocenters. The third-order valence-corrected chi connectivity index (χ3v) is 16.8. The van der Waals surface area contributed by atoms with Crippen LogP contribution in [0.5, 0.6) is 0 Å². The average molecular weight is 1030 g/mol. The number of hydrogen-bond acceptors (Lipinski definition) is 4. The van der Waals surface area contributed by atoms with Crippen molar-refractivity contribution in [2.24, 2.45) is 0 Å². The molecule has 2 heterocycles. The van der Waals surface area contributed by atoms with Gasteiger partial charge in [-0.15, -0.1) is 0 Å². The molecule has 0 N–H and O–H groups in total. The van der Waals surface area contributed by atoms with E-state index in [4.69, 9.17) is 8.83 Å². The Hall–Kier alpha value is -7.30. The zero-order valence-corrected chi connectivity index (χ0v) is 49.2. The van der Waals surface area contributed by atoms with E-state index in [1.54, 1.807) is 0 Å². The number of furan rings is 2. The molecule has 398 valence electrons. The van der Waals surface area contributed by atoms with Crippen molar-refractivity contribution in [2.75, 3.05) is 9.80 Å². The number of nitrogens with zero attached hydrogens (tertiary/aromatic N) is 2. The van der Waals surface area contributed by atoms with Crippen molar-refractivity contribution < 1.29 is 8.83 Å². The standard InChI is InChI=1S/C74H80N2O2/c1-41(2)49-19-26-66(60(33-49)45(9)10)75(67-27-20-50(42(3)4)34-61(67)46(11)12)57-23-17-53-37-64-59-25-30-70-73(74(59)78-71(64)39-55(53)31-57)65-38-54-18-24-58(32-56(54)40-72(65)77-70)76(68-28-21-51(43(5)6)35-62(68)47(13)14)69-29-22-52(44(7)8)36-63(69)48(15)16/h17-48H,1-16H3. The molecule has 0 saturated carbocycles. The van der Waals surface area contributed by atoms with Crippen LogP contribution < -0.4 is 9.80 Å². The maximum Gasteiger partial charge on any atom is 0.147 e. The molecule has 0 amide bonds. The first-order valence-corrected chi connectivity index (χ1v) is 29.1. The van der Waals surface area contributed by atoms with Crippen LogP contribution in [0.1, 0.15) is 203 Å². The summed E-state index contributed by atoms with van der Waals surface area (Å²) < 4.78 is 13.9. The highest BCUT2D eigenvalue weighted by Gasteiger charge is 2.27. The monoisotopic (exact) mass is 1030 g/mol. The number of fused-ring (bicyclic) bond motifs is 9. The number of hydrogen-bond donors (Lipinski definition) is 0. The molecule has 4 nitrogen and oxygen atoms in total. The Balaban J connectivity index is 1.05. The van der Waals surface area contributed by atoms with Crippen LogP contribution in [0.25, 0.3) is 65.4 Å². The summed E-state index contributed by atoms with van der Waals surface area (Å²) in [5.41, 5.74) is 21.4. The summed E-state index contributed by atoms with van der Waals surface area (Å²) in [7, 11) is 0. The van der Waals surface area contributed by atoms with Crippen molar-refractivity contribution in [1.82, 2.24) is 0 Å². The molecule has 0 aliphatic carbocycles. The van der Waals surface area contributed by atoms with E-state index < -0.39 is 0 Å². The van der Waals surface area contributed by atoms with Crippen LogP contribution in [-0.2, 0) is 0 Å². The van der Waals surface area contributed by atoms with Crippen molar-refractivity contribution in [3.05, 3.63) is 190 Å². The molecule has 2 aromatic heterocycles. The van der Waals surface area contributed by atoms with Gasteiger partial charge < -0.3 is 18.6 Å². The van der Waals surface area contributed by atoms with Crippen LogP contribution in [0.2, 0.25) is 0 Å². The van der Waals surface area contributed by atoms with Gasteiger partial charge in [-0.05, 0) is 198 Å². The van der Waals surface area contributed by atoms with Gasteiger partial charge in [-0.2, -0.15) is 0 Å². The van der Waals surface area contributed by atoms with Gasteiger partial charge in [-0.25, -0.2) is 0 Å². The lowest BCUT2D eigenvalue weighted by Crippen LogP contribution is -2.16. The number of anilines is 6. The third-order valence-electron chi connectivity index (χ3n) is 16.8. The van der Waals surface area contributed by atoms with E-state index in [1.165, 1.54) is 72.6 Å². The highest BCUT2D eigenvalue weighted by molar-refractivity contribution is 6.24. The molecular weight excluding hydrogens is 949 g/mol. The normalized spacial score (nSPS) is 12.5. The summed E-state index contributed by atoms with van der Waals surface area (Å²) in [5, 5.41) is 8.85. The van der Waals surface area contributed by atoms with Crippen molar-refractivity contribution in [2.45, 2.75) is 158 Å². The molecule has 0 saturated heterocycles. The van der Waals surface area contributed by atoms with Crippen LogP contribution >= 0.6 is 0 Å². The van der Waals surface area contributed by atoms with Gasteiger partial charge in [0.05, 0.1) is 5.39 Å². The molecule has 11 rings (SSSR count). The minimum atomic E-state index is 0.331. The zero-order chi connectivity index (χ0) is 55.2. The van der Waals surface area contributed by atoms with Gasteiger partial charge in [0.15, 0.2) is 0 Å². The van der Waals surface area contributed by atoms with Crippen molar-refractivity contribution in [3.8, 4) is 0 Å². The number of benzene rings is 9. The van der Waals surface area contributed by atoms with Gasteiger partial charge in [0.2, 0.25) is 0 Å². The van der Waals surface area contributed by atoms with Crippen LogP contribution in [0.3, 0.4) is 0 Å². The van der Waals surface area contributed by atoms with Crippen molar-refractivity contribution in [3.63, 3.8) is 0 Å². The molecule has 0 bridgehead atoms. The molecule has 0 spiro atoms. The van der Waals surface area contributed by atoms with Crippen LogP contribution in [-0.4, -0.2) is 0 Å². The Morgan fingerprint density at radius 2 is 0.628 bits per heavy atom. The fourth-order valence-electron chi connectivity index (χ4n) is 12.0. The van der Waals surface area contributed by atoms with E-state index >= 15 is 0 Å². The van der Waals surface area contributed by atoms with E-state index in [2.05, 4.69) is 266 Å². The molecule has 0 unspecified atom stereocenters. The van der Waals surface area contributed by atoms with Gasteiger partial charge >= 0.3 is 0 Å². The SMILES string of the molecule is CC(C)c1ccc(N(c2ccc3cc4c(cc3c2)oc2c4ccc3oc4cc5cc(N(c6ccc(C(C)C)cc6C(C)C)c6ccc(C(C)C)cc6C(C)C)ccc5cc4c32)c2ccc(C(C)C)cc2C(C)C)c(C(C)C)c1. The van der Waals surface area contributed by atoms with Crippen molar-refractivity contribution in [1.29, 1.82) is 0 Å². The highest BCUT2D eigenvalue weighted by atomic mass is 16.3. The third kappa shape index (κ3) is 9.33.